The molecule has 188 valence electrons. The maximum Gasteiger partial charge on any atom is 0.259 e. The zero-order valence-electron chi connectivity index (χ0n) is 20.9. The number of hydrogen-bond acceptors (Lipinski definition) is 7. The van der Waals surface area contributed by atoms with E-state index in [1.165, 1.54) is 4.52 Å². The number of nitrogen functional groups attached to an aromatic ring is 1. The first-order chi connectivity index (χ1) is 19.1. The lowest BCUT2D eigenvalue weighted by atomic mass is 10.0. The number of carbonyl (C=O) groups is 1. The first-order valence-corrected chi connectivity index (χ1v) is 12.3. The summed E-state index contributed by atoms with van der Waals surface area (Å²) in [5.74, 6) is 6.10. The van der Waals surface area contributed by atoms with Crippen molar-refractivity contribution < 1.29 is 4.79 Å². The van der Waals surface area contributed by atoms with Gasteiger partial charge >= 0.3 is 0 Å². The highest BCUT2D eigenvalue weighted by molar-refractivity contribution is 6.04. The first kappa shape index (κ1) is 23.8. The van der Waals surface area contributed by atoms with Gasteiger partial charge in [0.2, 0.25) is 0 Å². The molecule has 0 aliphatic heterocycles. The van der Waals surface area contributed by atoms with Crippen molar-refractivity contribution in [3.05, 3.63) is 114 Å². The third-order valence-electron chi connectivity index (χ3n) is 6.20. The molecule has 4 heterocycles. The molecule has 0 radical (unpaired) electrons. The van der Waals surface area contributed by atoms with Crippen LogP contribution in [0, 0.1) is 11.8 Å². The molecule has 1 atom stereocenters. The van der Waals surface area contributed by atoms with Crippen LogP contribution in [0.25, 0.3) is 27.9 Å². The number of amides is 1. The number of rotatable bonds is 4. The van der Waals surface area contributed by atoms with Crippen LogP contribution in [0.3, 0.4) is 0 Å². The third kappa shape index (κ3) is 4.63. The van der Waals surface area contributed by atoms with E-state index in [1.807, 2.05) is 67.6 Å². The van der Waals surface area contributed by atoms with E-state index in [9.17, 15) is 4.79 Å². The minimum Gasteiger partial charge on any atom is -0.381 e. The average molecular weight is 511 g/mol. The molecule has 0 fully saturated rings. The molecular weight excluding hydrogens is 488 g/mol. The Bertz CT molecular complexity index is 1890. The van der Waals surface area contributed by atoms with E-state index >= 15 is 0 Å². The maximum absolute atomic E-state index is 13.4. The lowest BCUT2D eigenvalue weighted by Crippen LogP contribution is -2.28. The van der Waals surface area contributed by atoms with Crippen molar-refractivity contribution in [2.75, 3.05) is 5.73 Å². The fourth-order valence-electron chi connectivity index (χ4n) is 4.34. The van der Waals surface area contributed by atoms with Crippen molar-refractivity contribution in [2.24, 2.45) is 0 Å². The summed E-state index contributed by atoms with van der Waals surface area (Å²) in [6.45, 7) is 1.86. The van der Waals surface area contributed by atoms with Crippen LogP contribution in [0.2, 0.25) is 0 Å². The summed E-state index contributed by atoms with van der Waals surface area (Å²) in [6, 6.07) is 20.4. The Kier molecular flexibility index (Phi) is 6.11. The van der Waals surface area contributed by atoms with Gasteiger partial charge in [-0.2, -0.15) is 0 Å². The molecule has 4 aromatic heterocycles. The smallest absolute Gasteiger partial charge is 0.259 e. The van der Waals surface area contributed by atoms with E-state index in [1.54, 1.807) is 30.9 Å². The Labute approximate surface area is 223 Å². The molecule has 2 aromatic carbocycles. The van der Waals surface area contributed by atoms with Crippen molar-refractivity contribution in [1.29, 1.82) is 0 Å². The second-order valence-electron chi connectivity index (χ2n) is 8.83. The largest absolute Gasteiger partial charge is 0.381 e. The molecule has 3 N–H and O–H groups in total. The number of nitrogens with one attached hydrogen (secondary N) is 1. The zero-order chi connectivity index (χ0) is 26.8. The fraction of sp³-hybridized carbons (Fsp3) is 0.0667. The zero-order valence-corrected chi connectivity index (χ0v) is 20.9. The lowest BCUT2D eigenvalue weighted by molar-refractivity contribution is 0.0941. The van der Waals surface area contributed by atoms with Gasteiger partial charge in [0.25, 0.3) is 5.91 Å². The quantitative estimate of drug-likeness (QED) is 0.341. The monoisotopic (exact) mass is 510 g/mol. The van der Waals surface area contributed by atoms with Crippen LogP contribution in [0.4, 0.5) is 5.82 Å². The van der Waals surface area contributed by atoms with E-state index < -0.39 is 11.9 Å². The Balaban J connectivity index is 1.43. The summed E-state index contributed by atoms with van der Waals surface area (Å²) in [5, 5.41) is 7.22. The van der Waals surface area contributed by atoms with Gasteiger partial charge in [0.05, 0.1) is 28.5 Å². The number of fused-ring (bicyclic) bond motifs is 2. The number of nitrogens with zero attached hydrogens (tertiary/aromatic N) is 6. The molecule has 0 saturated heterocycles. The van der Waals surface area contributed by atoms with Crippen LogP contribution in [-0.4, -0.2) is 35.5 Å². The predicted octanol–water partition coefficient (Wildman–Crippen LogP) is 4.21. The summed E-state index contributed by atoms with van der Waals surface area (Å²) in [4.78, 5) is 31.7. The molecule has 0 aliphatic carbocycles. The second kappa shape index (κ2) is 10.0. The van der Waals surface area contributed by atoms with Gasteiger partial charge in [-0.25, -0.2) is 19.5 Å². The van der Waals surface area contributed by atoms with E-state index in [2.05, 4.69) is 32.2 Å². The van der Waals surface area contributed by atoms with Crippen molar-refractivity contribution in [3.8, 4) is 23.1 Å². The Morgan fingerprint density at radius 3 is 2.59 bits per heavy atom. The van der Waals surface area contributed by atoms with Crippen LogP contribution in [0.1, 0.15) is 40.1 Å². The van der Waals surface area contributed by atoms with Gasteiger partial charge in [-0.15, -0.1) is 5.10 Å². The average Bonchev–Trinajstić information content (AvgIpc) is 3.32. The molecule has 9 heteroatoms. The summed E-state index contributed by atoms with van der Waals surface area (Å²) < 4.78 is 1.48. The highest BCUT2D eigenvalue weighted by atomic mass is 16.1. The number of aromatic nitrogens is 6. The maximum atomic E-state index is 13.4. The Morgan fingerprint density at radius 2 is 1.77 bits per heavy atom. The van der Waals surface area contributed by atoms with Gasteiger partial charge in [0, 0.05) is 35.9 Å². The van der Waals surface area contributed by atoms with E-state index in [-0.39, 0.29) is 11.4 Å². The highest BCUT2D eigenvalue weighted by Gasteiger charge is 2.24. The summed E-state index contributed by atoms with van der Waals surface area (Å²) >= 11 is 0. The number of pyridine rings is 1. The Hall–Kier alpha value is -5.62. The fourth-order valence-corrected chi connectivity index (χ4v) is 4.34. The number of carbonyl (C=O) groups excluding carboxylic acids is 1. The van der Waals surface area contributed by atoms with Gasteiger partial charge in [0.1, 0.15) is 11.1 Å². The second-order valence-corrected chi connectivity index (χ2v) is 8.83. The standard InChI is InChI=1S/C30H22N8O/c1-19(34-30(39)24-28(31)37-38-18-6-15-33-29(24)38)25-27(21-7-3-2-4-8-21)36-26-22(9-5-10-23(26)35-25)12-11-20-13-16-32-17-14-20/h2-10,13-19H,1H3,(H2,31,37)(H,34,39)/t19-/m0/s1. The van der Waals surface area contributed by atoms with Crippen molar-refractivity contribution in [1.82, 2.24) is 34.9 Å². The van der Waals surface area contributed by atoms with E-state index in [0.717, 1.165) is 16.7 Å². The molecule has 0 spiro atoms. The minimum absolute atomic E-state index is 0.101. The lowest BCUT2D eigenvalue weighted by Gasteiger charge is -2.18. The number of anilines is 1. The van der Waals surface area contributed by atoms with Crippen molar-refractivity contribution >= 4 is 28.4 Å². The summed E-state index contributed by atoms with van der Waals surface area (Å²) in [7, 11) is 0. The third-order valence-corrected chi connectivity index (χ3v) is 6.20. The van der Waals surface area contributed by atoms with Crippen molar-refractivity contribution in [3.63, 3.8) is 0 Å². The van der Waals surface area contributed by atoms with Gasteiger partial charge in [-0.3, -0.25) is 9.78 Å². The first-order valence-electron chi connectivity index (χ1n) is 12.3. The number of para-hydroxylation sites is 1. The SMILES string of the molecule is C[C@H](NC(=O)c1c(N)nn2cccnc12)c1nc2cccc(C#Cc3ccncc3)c2nc1-c1ccccc1. The molecule has 0 unspecified atom stereocenters. The van der Waals surface area contributed by atoms with Crippen molar-refractivity contribution in [2.45, 2.75) is 13.0 Å². The minimum atomic E-state index is -0.505. The van der Waals surface area contributed by atoms with E-state index in [4.69, 9.17) is 15.7 Å². The summed E-state index contributed by atoms with van der Waals surface area (Å²) in [5.41, 5.74) is 11.8. The topological polar surface area (TPSA) is 124 Å². The molecule has 9 nitrogen and oxygen atoms in total. The molecule has 1 amide bonds. The Morgan fingerprint density at radius 1 is 0.949 bits per heavy atom. The van der Waals surface area contributed by atoms with Crippen LogP contribution >= 0.6 is 0 Å². The molecule has 0 saturated carbocycles. The summed E-state index contributed by atoms with van der Waals surface area (Å²) in [6.07, 6.45) is 6.70. The molecule has 6 aromatic rings. The highest BCUT2D eigenvalue weighted by Crippen LogP contribution is 2.29. The molecule has 6 rings (SSSR count). The van der Waals surface area contributed by atoms with Gasteiger partial charge in [0.15, 0.2) is 11.5 Å². The molecule has 39 heavy (non-hydrogen) atoms. The predicted molar refractivity (Wildman–Crippen MR) is 148 cm³/mol. The number of nitrogens with two attached hydrogens (primary N) is 1. The van der Waals surface area contributed by atoms with Crippen LogP contribution < -0.4 is 11.1 Å². The van der Waals surface area contributed by atoms with Crippen LogP contribution in [-0.2, 0) is 0 Å². The molecule has 0 aliphatic rings. The molecular formula is C30H22N8O. The van der Waals surface area contributed by atoms with Gasteiger partial charge in [-0.05, 0) is 37.3 Å². The molecule has 0 bridgehead atoms. The van der Waals surface area contributed by atoms with Gasteiger partial charge < -0.3 is 11.1 Å². The number of hydrogen-bond donors (Lipinski definition) is 2. The normalized spacial score (nSPS) is 11.6. The van der Waals surface area contributed by atoms with E-state index in [0.29, 0.717) is 28.1 Å². The van der Waals surface area contributed by atoms with Crippen LogP contribution in [0.15, 0.2) is 91.5 Å². The number of benzene rings is 2. The van der Waals surface area contributed by atoms with Gasteiger partial charge in [-0.1, -0.05) is 48.2 Å². The van der Waals surface area contributed by atoms with Crippen LogP contribution in [0.5, 0.6) is 0 Å².